The number of nitrogens with zero attached hydrogens (tertiary/aromatic N) is 4. The van der Waals surface area contributed by atoms with Gasteiger partial charge in [-0.25, -0.2) is 9.97 Å². The number of aromatic nitrogens is 4. The van der Waals surface area contributed by atoms with Crippen molar-refractivity contribution in [3.63, 3.8) is 0 Å². The molecule has 5 nitrogen and oxygen atoms in total. The van der Waals surface area contributed by atoms with Gasteiger partial charge in [0.25, 0.3) is 0 Å². The van der Waals surface area contributed by atoms with Gasteiger partial charge in [-0.2, -0.15) is 0 Å². The average Bonchev–Trinajstić information content (AvgIpc) is 3.43. The molecule has 0 atom stereocenters. The summed E-state index contributed by atoms with van der Waals surface area (Å²) in [6.45, 7) is 0. The summed E-state index contributed by atoms with van der Waals surface area (Å²) in [7, 11) is 0. The minimum atomic E-state index is 0.569. The first kappa shape index (κ1) is 19.7. The van der Waals surface area contributed by atoms with Crippen molar-refractivity contribution in [3.05, 3.63) is 82.3 Å². The maximum absolute atomic E-state index is 5.88. The monoisotopic (exact) mass is 562 g/mol. The molecule has 0 bridgehead atoms. The lowest BCUT2D eigenvalue weighted by atomic mass is 10.0. The van der Waals surface area contributed by atoms with E-state index in [1.165, 1.54) is 0 Å². The maximum atomic E-state index is 5.88. The van der Waals surface area contributed by atoms with E-state index in [0.717, 1.165) is 57.5 Å². The molecule has 0 radical (unpaired) electrons. The smallest absolute Gasteiger partial charge is 0.227 e. The quantitative estimate of drug-likeness (QED) is 0.220. The highest BCUT2D eigenvalue weighted by Crippen LogP contribution is 2.39. The molecule has 0 aliphatic rings. The van der Waals surface area contributed by atoms with Gasteiger partial charge in [0.1, 0.15) is 16.0 Å². The van der Waals surface area contributed by atoms with Crippen LogP contribution in [0.25, 0.3) is 54.5 Å². The van der Waals surface area contributed by atoms with E-state index in [0.29, 0.717) is 5.89 Å². The Hall–Kier alpha value is -2.94. The zero-order valence-electron chi connectivity index (χ0n) is 16.3. The second kappa shape index (κ2) is 7.88. The van der Waals surface area contributed by atoms with E-state index in [-0.39, 0.29) is 0 Å². The molecule has 0 saturated heterocycles. The molecule has 6 aromatic rings. The first-order valence-electron chi connectivity index (χ1n) is 9.67. The predicted molar refractivity (Wildman–Crippen MR) is 134 cm³/mol. The molecular weight excluding hydrogens is 552 g/mol. The van der Waals surface area contributed by atoms with Gasteiger partial charge in [0.2, 0.25) is 5.89 Å². The van der Waals surface area contributed by atoms with Crippen molar-refractivity contribution >= 4 is 64.5 Å². The molecule has 0 aliphatic heterocycles. The molecule has 32 heavy (non-hydrogen) atoms. The van der Waals surface area contributed by atoms with Crippen LogP contribution in [0.2, 0.25) is 0 Å². The number of oxazole rings is 1. The topological polar surface area (TPSA) is 64.7 Å². The Bertz CT molecular complexity index is 1440. The number of benzene rings is 2. The number of pyridine rings is 2. The molecule has 4 aromatic heterocycles. The molecule has 6 rings (SSSR count). The third kappa shape index (κ3) is 3.44. The summed E-state index contributed by atoms with van der Waals surface area (Å²) in [6.07, 6.45) is 6.99. The Balaban J connectivity index is 1.36. The Kier molecular flexibility index (Phi) is 4.86. The molecule has 0 spiro atoms. The van der Waals surface area contributed by atoms with Crippen molar-refractivity contribution in [2.45, 2.75) is 0 Å². The lowest BCUT2D eigenvalue weighted by Crippen LogP contribution is -1.86. The largest absolute Gasteiger partial charge is 0.436 e. The minimum Gasteiger partial charge on any atom is -0.436 e. The van der Waals surface area contributed by atoms with Crippen LogP contribution in [0.5, 0.6) is 0 Å². The lowest BCUT2D eigenvalue weighted by Gasteiger charge is -2.10. The Labute approximate surface area is 203 Å². The predicted octanol–water partition coefficient (Wildman–Crippen LogP) is 7.75. The van der Waals surface area contributed by atoms with Gasteiger partial charge in [0.05, 0.1) is 17.1 Å². The number of hydrogen-bond donors (Lipinski definition) is 0. The van der Waals surface area contributed by atoms with Crippen LogP contribution in [-0.2, 0) is 0 Å². The van der Waals surface area contributed by atoms with Crippen molar-refractivity contribution in [3.8, 4) is 33.2 Å². The van der Waals surface area contributed by atoms with E-state index < -0.39 is 0 Å². The number of thiazole rings is 1. The number of fused-ring (bicyclic) bond motifs is 2. The van der Waals surface area contributed by atoms with Gasteiger partial charge in [-0.3, -0.25) is 9.97 Å². The van der Waals surface area contributed by atoms with Crippen molar-refractivity contribution in [2.24, 2.45) is 0 Å². The van der Waals surface area contributed by atoms with Crippen LogP contribution in [-0.4, -0.2) is 19.9 Å². The highest BCUT2D eigenvalue weighted by atomic mass is 79.9. The molecule has 0 unspecified atom stereocenters. The van der Waals surface area contributed by atoms with Gasteiger partial charge in [-0.05, 0) is 35.4 Å². The number of rotatable bonds is 3. The van der Waals surface area contributed by atoms with Crippen LogP contribution in [0.15, 0.2) is 86.7 Å². The molecule has 8 heteroatoms. The van der Waals surface area contributed by atoms with E-state index >= 15 is 0 Å². The van der Waals surface area contributed by atoms with E-state index in [1.807, 2.05) is 24.3 Å². The summed E-state index contributed by atoms with van der Waals surface area (Å²) >= 11 is 9.14. The summed E-state index contributed by atoms with van der Waals surface area (Å²) < 4.78 is 8.95. The molecule has 0 aliphatic carbocycles. The van der Waals surface area contributed by atoms with Gasteiger partial charge < -0.3 is 4.42 Å². The number of halogens is 2. The minimum absolute atomic E-state index is 0.569. The Morgan fingerprint density at radius 2 is 1.41 bits per heavy atom. The van der Waals surface area contributed by atoms with Gasteiger partial charge in [-0.1, -0.05) is 50.1 Å². The van der Waals surface area contributed by atoms with Gasteiger partial charge in [0, 0.05) is 38.5 Å². The van der Waals surface area contributed by atoms with Crippen LogP contribution >= 0.6 is 43.2 Å². The van der Waals surface area contributed by atoms with E-state index in [2.05, 4.69) is 71.1 Å². The van der Waals surface area contributed by atoms with Gasteiger partial charge in [-0.15, -0.1) is 11.3 Å². The van der Waals surface area contributed by atoms with Crippen molar-refractivity contribution in [2.75, 3.05) is 0 Å². The van der Waals surface area contributed by atoms with E-state index in [4.69, 9.17) is 9.40 Å². The summed E-state index contributed by atoms with van der Waals surface area (Å²) in [5, 5.41) is 0.972. The molecule has 0 saturated carbocycles. The molecule has 154 valence electrons. The first-order valence-corrected chi connectivity index (χ1v) is 12.1. The van der Waals surface area contributed by atoms with Crippen LogP contribution in [0, 0.1) is 0 Å². The molecule has 0 N–H and O–H groups in total. The van der Waals surface area contributed by atoms with Gasteiger partial charge in [0.15, 0.2) is 5.58 Å². The fourth-order valence-electron chi connectivity index (χ4n) is 3.54. The first-order chi connectivity index (χ1) is 15.7. The molecule has 0 fully saturated rings. The Morgan fingerprint density at radius 1 is 0.719 bits per heavy atom. The molecular formula is C24H12Br2N4OS. The number of hydrogen-bond acceptors (Lipinski definition) is 6. The van der Waals surface area contributed by atoms with E-state index in [9.17, 15) is 0 Å². The third-order valence-electron chi connectivity index (χ3n) is 5.10. The second-order valence-corrected chi connectivity index (χ2v) is 9.85. The maximum Gasteiger partial charge on any atom is 0.227 e. The third-order valence-corrected chi connectivity index (χ3v) is 7.50. The summed E-state index contributed by atoms with van der Waals surface area (Å²) in [4.78, 5) is 17.5. The zero-order chi connectivity index (χ0) is 21.7. The van der Waals surface area contributed by atoms with Crippen molar-refractivity contribution in [1.29, 1.82) is 0 Å². The average molecular weight is 564 g/mol. The summed E-state index contributed by atoms with van der Waals surface area (Å²) in [6, 6.07) is 16.2. The molecule has 2 aromatic carbocycles. The highest BCUT2D eigenvalue weighted by Gasteiger charge is 2.14. The SMILES string of the molecule is Brc1cc(-c2nc3cnccc3o2)ccc1-c1ccc(-c2nc3cnccc3s2)cc1Br. The van der Waals surface area contributed by atoms with Crippen LogP contribution in [0.3, 0.4) is 0 Å². The standard InChI is InChI=1S/C24H12Br2N4OS/c25-17-9-13(23-29-19-11-27-7-5-21(19)31-23)1-3-15(17)16-4-2-14(10-18(16)26)24-30-20-12-28-8-6-22(20)32-24/h1-12H. The lowest BCUT2D eigenvalue weighted by molar-refractivity contribution is 0.619. The normalized spacial score (nSPS) is 11.4. The second-order valence-electron chi connectivity index (χ2n) is 7.11. The fourth-order valence-corrected chi connectivity index (χ4v) is 5.65. The van der Waals surface area contributed by atoms with Crippen LogP contribution in [0.1, 0.15) is 0 Å². The van der Waals surface area contributed by atoms with Gasteiger partial charge >= 0.3 is 0 Å². The van der Waals surface area contributed by atoms with E-state index in [1.54, 1.807) is 36.1 Å². The molecule has 0 amide bonds. The summed E-state index contributed by atoms with van der Waals surface area (Å²) in [5.74, 6) is 0.569. The van der Waals surface area contributed by atoms with Crippen LogP contribution in [0.4, 0.5) is 0 Å². The molecule has 4 heterocycles. The van der Waals surface area contributed by atoms with Crippen LogP contribution < -0.4 is 0 Å². The Morgan fingerprint density at radius 3 is 2.12 bits per heavy atom. The highest BCUT2D eigenvalue weighted by molar-refractivity contribution is 9.11. The summed E-state index contributed by atoms with van der Waals surface area (Å²) in [5.41, 5.74) is 6.49. The van der Waals surface area contributed by atoms with Crippen molar-refractivity contribution < 1.29 is 4.42 Å². The zero-order valence-corrected chi connectivity index (χ0v) is 20.3. The fraction of sp³-hybridized carbons (Fsp3) is 0. The van der Waals surface area contributed by atoms with Crippen molar-refractivity contribution in [1.82, 2.24) is 19.9 Å².